The number of aromatic nitrogens is 3. The Morgan fingerprint density at radius 2 is 2.00 bits per heavy atom. The van der Waals surface area contributed by atoms with Crippen LogP contribution in [0.4, 0.5) is 5.13 Å². The van der Waals surface area contributed by atoms with E-state index >= 15 is 0 Å². The number of amides is 2. The minimum absolute atomic E-state index is 0.0834. The minimum atomic E-state index is -0.257. The smallest absolute Gasteiger partial charge is 0.273 e. The van der Waals surface area contributed by atoms with Gasteiger partial charge in [-0.05, 0) is 41.3 Å². The number of rotatable bonds is 5. The molecule has 0 atom stereocenters. The fourth-order valence-electron chi connectivity index (χ4n) is 4.44. The highest BCUT2D eigenvalue weighted by Gasteiger charge is 2.28. The van der Waals surface area contributed by atoms with Gasteiger partial charge in [-0.2, -0.15) is 11.3 Å². The van der Waals surface area contributed by atoms with E-state index in [4.69, 9.17) is 10.7 Å². The number of piperazine rings is 1. The number of pyridine rings is 1. The Labute approximate surface area is 214 Å². The molecule has 0 unspecified atom stereocenters. The molecule has 0 saturated carbocycles. The summed E-state index contributed by atoms with van der Waals surface area (Å²) in [4.78, 5) is 37.8. The Kier molecular flexibility index (Phi) is 5.88. The van der Waals surface area contributed by atoms with Crippen molar-refractivity contribution in [2.75, 3.05) is 31.9 Å². The zero-order valence-corrected chi connectivity index (χ0v) is 20.9. The topological polar surface area (TPSA) is 118 Å². The molecule has 9 nitrogen and oxygen atoms in total. The molecule has 1 aliphatic rings. The molecule has 4 N–H and O–H groups in total. The SMILES string of the molecule is Nc1nc2ccc(CNC(=O)c3cccn4c(C(=O)N5CCNCC5)c(-c5ccsc5)nc34)cc2s1. The van der Waals surface area contributed by atoms with Crippen LogP contribution in [-0.2, 0) is 6.54 Å². The molecule has 2 amide bonds. The lowest BCUT2D eigenvalue weighted by atomic mass is 10.1. The second-order valence-electron chi connectivity index (χ2n) is 8.52. The van der Waals surface area contributed by atoms with Gasteiger partial charge < -0.3 is 21.3 Å². The van der Waals surface area contributed by atoms with Crippen LogP contribution in [-0.4, -0.2) is 57.3 Å². The third-order valence-corrected chi connectivity index (χ3v) is 7.75. The van der Waals surface area contributed by atoms with Crippen molar-refractivity contribution < 1.29 is 9.59 Å². The number of benzene rings is 1. The number of carbonyl (C=O) groups excluding carboxylic acids is 2. The van der Waals surface area contributed by atoms with E-state index in [0.717, 1.165) is 34.4 Å². The van der Waals surface area contributed by atoms with Gasteiger partial charge in [0.05, 0.1) is 15.8 Å². The summed E-state index contributed by atoms with van der Waals surface area (Å²) in [6.07, 6.45) is 1.80. The molecule has 1 fully saturated rings. The van der Waals surface area contributed by atoms with E-state index in [2.05, 4.69) is 15.6 Å². The summed E-state index contributed by atoms with van der Waals surface area (Å²) in [7, 11) is 0. The first kappa shape index (κ1) is 22.7. The van der Waals surface area contributed by atoms with Crippen molar-refractivity contribution in [3.05, 3.63) is 70.2 Å². The van der Waals surface area contributed by atoms with Crippen molar-refractivity contribution in [2.24, 2.45) is 0 Å². The van der Waals surface area contributed by atoms with E-state index in [1.165, 1.54) is 11.3 Å². The first-order valence-electron chi connectivity index (χ1n) is 11.6. The van der Waals surface area contributed by atoms with E-state index in [0.29, 0.717) is 47.4 Å². The number of thiazole rings is 1. The lowest BCUT2D eigenvalue weighted by Gasteiger charge is -2.27. The molecule has 11 heteroatoms. The summed E-state index contributed by atoms with van der Waals surface area (Å²) in [6.45, 7) is 3.11. The summed E-state index contributed by atoms with van der Waals surface area (Å²) in [5.74, 6) is -0.340. The quantitative estimate of drug-likeness (QED) is 0.330. The summed E-state index contributed by atoms with van der Waals surface area (Å²) in [6, 6.07) is 11.3. The Morgan fingerprint density at radius 3 is 2.81 bits per heavy atom. The number of nitrogens with zero attached hydrogens (tertiary/aromatic N) is 4. The van der Waals surface area contributed by atoms with Gasteiger partial charge in [-0.3, -0.25) is 14.0 Å². The lowest BCUT2D eigenvalue weighted by molar-refractivity contribution is 0.0729. The van der Waals surface area contributed by atoms with Gasteiger partial charge in [0.15, 0.2) is 10.8 Å². The van der Waals surface area contributed by atoms with Crippen molar-refractivity contribution >= 4 is 55.5 Å². The second kappa shape index (κ2) is 9.34. The van der Waals surface area contributed by atoms with Crippen LogP contribution in [0.5, 0.6) is 0 Å². The van der Waals surface area contributed by atoms with Crippen molar-refractivity contribution in [1.82, 2.24) is 29.9 Å². The Morgan fingerprint density at radius 1 is 1.14 bits per heavy atom. The molecule has 0 spiro atoms. The molecule has 1 aliphatic heterocycles. The fraction of sp³-hybridized carbons (Fsp3) is 0.200. The van der Waals surface area contributed by atoms with Crippen molar-refractivity contribution in [1.29, 1.82) is 0 Å². The summed E-state index contributed by atoms with van der Waals surface area (Å²) in [5.41, 5.74) is 10.4. The minimum Gasteiger partial charge on any atom is -0.375 e. The average Bonchev–Trinajstić information content (AvgIpc) is 3.64. The van der Waals surface area contributed by atoms with E-state index in [9.17, 15) is 9.59 Å². The number of thiophene rings is 1. The normalized spacial score (nSPS) is 13.9. The zero-order chi connectivity index (χ0) is 24.6. The van der Waals surface area contributed by atoms with Crippen LogP contribution in [0.3, 0.4) is 0 Å². The number of nitrogen functional groups attached to an aromatic ring is 1. The van der Waals surface area contributed by atoms with Crippen LogP contribution >= 0.6 is 22.7 Å². The van der Waals surface area contributed by atoms with Crippen LogP contribution in [0.2, 0.25) is 0 Å². The van der Waals surface area contributed by atoms with Crippen molar-refractivity contribution in [3.63, 3.8) is 0 Å². The maximum atomic E-state index is 13.6. The molecule has 5 aromatic rings. The molecular formula is C25H23N7O2S2. The number of fused-ring (bicyclic) bond motifs is 2. The van der Waals surface area contributed by atoms with Gasteiger partial charge in [0.2, 0.25) is 0 Å². The van der Waals surface area contributed by atoms with Crippen molar-refractivity contribution in [2.45, 2.75) is 6.54 Å². The van der Waals surface area contributed by atoms with Gasteiger partial charge in [-0.15, -0.1) is 0 Å². The first-order chi connectivity index (χ1) is 17.6. The van der Waals surface area contributed by atoms with Gasteiger partial charge in [0.1, 0.15) is 11.4 Å². The van der Waals surface area contributed by atoms with Gasteiger partial charge in [0.25, 0.3) is 11.8 Å². The number of anilines is 1. The molecule has 0 radical (unpaired) electrons. The van der Waals surface area contributed by atoms with Crippen LogP contribution in [0, 0.1) is 0 Å². The highest BCUT2D eigenvalue weighted by Crippen LogP contribution is 2.29. The molecule has 36 heavy (non-hydrogen) atoms. The molecule has 4 aromatic heterocycles. The van der Waals surface area contributed by atoms with Gasteiger partial charge in [-0.1, -0.05) is 17.4 Å². The average molecular weight is 518 g/mol. The molecule has 0 aliphatic carbocycles. The number of hydrogen-bond acceptors (Lipinski definition) is 8. The van der Waals surface area contributed by atoms with Gasteiger partial charge >= 0.3 is 0 Å². The largest absolute Gasteiger partial charge is 0.375 e. The van der Waals surface area contributed by atoms with Crippen LogP contribution in [0.1, 0.15) is 26.4 Å². The highest BCUT2D eigenvalue weighted by molar-refractivity contribution is 7.22. The van der Waals surface area contributed by atoms with Gasteiger partial charge in [0, 0.05) is 49.9 Å². The Balaban J connectivity index is 1.34. The third-order valence-electron chi connectivity index (χ3n) is 6.22. The maximum absolute atomic E-state index is 13.6. The highest BCUT2D eigenvalue weighted by atomic mass is 32.1. The summed E-state index contributed by atoms with van der Waals surface area (Å²) in [5, 5.41) is 10.7. The first-order valence-corrected chi connectivity index (χ1v) is 13.3. The van der Waals surface area contributed by atoms with Crippen LogP contribution in [0.25, 0.3) is 27.1 Å². The predicted octanol–water partition coefficient (Wildman–Crippen LogP) is 3.23. The maximum Gasteiger partial charge on any atom is 0.273 e. The monoisotopic (exact) mass is 517 g/mol. The van der Waals surface area contributed by atoms with Crippen LogP contribution < -0.4 is 16.4 Å². The molecular weight excluding hydrogens is 494 g/mol. The molecule has 1 aromatic carbocycles. The van der Waals surface area contributed by atoms with E-state index in [1.54, 1.807) is 34.1 Å². The molecule has 6 rings (SSSR count). The molecule has 5 heterocycles. The fourth-order valence-corrected chi connectivity index (χ4v) is 5.88. The summed E-state index contributed by atoms with van der Waals surface area (Å²) >= 11 is 2.96. The third kappa shape index (κ3) is 4.11. The molecule has 182 valence electrons. The van der Waals surface area contributed by atoms with Gasteiger partial charge in [-0.25, -0.2) is 9.97 Å². The standard InChI is InChI=1S/C25H23N7O2S2/c26-25-29-18-4-3-15(12-19(18)36-25)13-28-23(33)17-2-1-8-32-21(24(34)31-9-6-27-7-10-31)20(30-22(17)32)16-5-11-35-14-16/h1-5,8,11-12,14,27H,6-7,9-10,13H2,(H2,26,29)(H,28,33). The lowest BCUT2D eigenvalue weighted by Crippen LogP contribution is -2.46. The number of nitrogens with two attached hydrogens (primary N) is 1. The zero-order valence-electron chi connectivity index (χ0n) is 19.2. The predicted molar refractivity (Wildman–Crippen MR) is 142 cm³/mol. The van der Waals surface area contributed by atoms with Crippen molar-refractivity contribution in [3.8, 4) is 11.3 Å². The molecule has 1 saturated heterocycles. The number of imidazole rings is 1. The van der Waals surface area contributed by atoms with Crippen LogP contribution in [0.15, 0.2) is 53.4 Å². The molecule has 0 bridgehead atoms. The number of carbonyl (C=O) groups is 2. The van der Waals surface area contributed by atoms with E-state index < -0.39 is 0 Å². The number of hydrogen-bond donors (Lipinski definition) is 3. The Bertz CT molecular complexity index is 1580. The Hall–Kier alpha value is -3.80. The number of nitrogens with one attached hydrogen (secondary N) is 2. The van der Waals surface area contributed by atoms with E-state index in [-0.39, 0.29) is 11.8 Å². The second-order valence-corrected chi connectivity index (χ2v) is 10.4. The summed E-state index contributed by atoms with van der Waals surface area (Å²) < 4.78 is 2.73. The van der Waals surface area contributed by atoms with E-state index in [1.807, 2.05) is 39.9 Å².